The van der Waals surface area contributed by atoms with Crippen LogP contribution in [0.2, 0.25) is 0 Å². The van der Waals surface area contributed by atoms with Crippen LogP contribution in [0.3, 0.4) is 0 Å². The summed E-state index contributed by atoms with van der Waals surface area (Å²) >= 11 is 1.80. The van der Waals surface area contributed by atoms with Gasteiger partial charge in [0.05, 0.1) is 24.9 Å². The molecule has 102 valence electrons. The third-order valence-corrected chi connectivity index (χ3v) is 4.57. The highest BCUT2D eigenvalue weighted by atomic mass is 32.1. The van der Waals surface area contributed by atoms with Crippen LogP contribution in [0.15, 0.2) is 0 Å². The molecule has 1 N–H and O–H groups in total. The molecule has 1 aliphatic rings. The van der Waals surface area contributed by atoms with Gasteiger partial charge in [0.1, 0.15) is 5.01 Å². The van der Waals surface area contributed by atoms with Crippen LogP contribution in [0.4, 0.5) is 0 Å². The zero-order valence-electron chi connectivity index (χ0n) is 11.4. The number of hydrogen-bond donors (Lipinski definition) is 1. The summed E-state index contributed by atoms with van der Waals surface area (Å²) in [4.78, 5) is 6.00. The fourth-order valence-corrected chi connectivity index (χ4v) is 3.31. The minimum Gasteiger partial charge on any atom is -0.383 e. The minimum absolute atomic E-state index is 0.306. The Hall–Kier alpha value is -0.490. The average molecular weight is 270 g/mol. The van der Waals surface area contributed by atoms with Crippen LogP contribution in [0.1, 0.15) is 28.0 Å². The van der Waals surface area contributed by atoms with Gasteiger partial charge in [-0.2, -0.15) is 0 Å². The molecule has 1 fully saturated rings. The van der Waals surface area contributed by atoms with Gasteiger partial charge in [0.15, 0.2) is 0 Å². The Balaban J connectivity index is 2.07. The minimum atomic E-state index is 0.306. The molecule has 0 aliphatic carbocycles. The summed E-state index contributed by atoms with van der Waals surface area (Å²) in [5, 5.41) is 4.75. The van der Waals surface area contributed by atoms with Crippen LogP contribution in [-0.4, -0.2) is 38.5 Å². The first-order chi connectivity index (χ1) is 8.72. The number of ether oxygens (including phenoxy) is 2. The molecule has 0 amide bonds. The third-order valence-electron chi connectivity index (χ3n) is 3.42. The lowest BCUT2D eigenvalue weighted by molar-refractivity contribution is 0.168. The summed E-state index contributed by atoms with van der Waals surface area (Å²) in [7, 11) is 1.73. The summed E-state index contributed by atoms with van der Waals surface area (Å²) in [6.45, 7) is 7.50. The molecule has 1 aromatic heterocycles. The third kappa shape index (κ3) is 3.29. The van der Waals surface area contributed by atoms with Crippen molar-refractivity contribution in [2.45, 2.75) is 26.3 Å². The Morgan fingerprint density at radius 3 is 2.94 bits per heavy atom. The molecule has 0 saturated carbocycles. The van der Waals surface area contributed by atoms with Crippen LogP contribution in [0.5, 0.6) is 0 Å². The van der Waals surface area contributed by atoms with Crippen molar-refractivity contribution in [1.82, 2.24) is 10.3 Å². The number of methoxy groups -OCH3 is 1. The normalized spacial score (nSPS) is 21.4. The lowest BCUT2D eigenvalue weighted by Gasteiger charge is -2.21. The van der Waals surface area contributed by atoms with Gasteiger partial charge in [-0.25, -0.2) is 4.98 Å². The van der Waals surface area contributed by atoms with E-state index < -0.39 is 0 Å². The zero-order valence-corrected chi connectivity index (χ0v) is 12.2. The van der Waals surface area contributed by atoms with Gasteiger partial charge in [0.2, 0.25) is 0 Å². The predicted octanol–water partition coefficient (Wildman–Crippen LogP) is 2.07. The van der Waals surface area contributed by atoms with E-state index in [1.807, 2.05) is 0 Å². The van der Waals surface area contributed by atoms with Crippen molar-refractivity contribution >= 4 is 11.3 Å². The molecule has 4 nitrogen and oxygen atoms in total. The number of aromatic nitrogens is 1. The summed E-state index contributed by atoms with van der Waals surface area (Å²) in [5.41, 5.74) is 1.15. The maximum absolute atomic E-state index is 5.51. The highest BCUT2D eigenvalue weighted by Gasteiger charge is 2.29. The van der Waals surface area contributed by atoms with Crippen LogP contribution >= 0.6 is 11.3 Å². The zero-order chi connectivity index (χ0) is 13.0. The van der Waals surface area contributed by atoms with Crippen LogP contribution in [0, 0.1) is 19.8 Å². The number of aryl methyl sites for hydroxylation is 2. The highest BCUT2D eigenvalue weighted by Crippen LogP contribution is 2.32. The topological polar surface area (TPSA) is 43.4 Å². The summed E-state index contributed by atoms with van der Waals surface area (Å²) in [5.74, 6) is 0.534. The van der Waals surface area contributed by atoms with Crippen molar-refractivity contribution in [1.29, 1.82) is 0 Å². The molecule has 5 heteroatoms. The number of nitrogens with one attached hydrogen (secondary N) is 1. The Kier molecular flexibility index (Phi) is 5.12. The highest BCUT2D eigenvalue weighted by molar-refractivity contribution is 7.11. The quantitative estimate of drug-likeness (QED) is 0.804. The fraction of sp³-hybridized carbons (Fsp3) is 0.769. The van der Waals surface area contributed by atoms with Gasteiger partial charge in [0.25, 0.3) is 0 Å². The number of thiazole rings is 1. The van der Waals surface area contributed by atoms with E-state index in [2.05, 4.69) is 19.2 Å². The fourth-order valence-electron chi connectivity index (χ4n) is 2.22. The van der Waals surface area contributed by atoms with Gasteiger partial charge in [-0.15, -0.1) is 11.3 Å². The lowest BCUT2D eigenvalue weighted by Crippen LogP contribution is -2.31. The Labute approximate surface area is 113 Å². The molecule has 0 radical (unpaired) electrons. The summed E-state index contributed by atoms with van der Waals surface area (Å²) in [6.07, 6.45) is 1.11. The average Bonchev–Trinajstić information content (AvgIpc) is 2.96. The van der Waals surface area contributed by atoms with Gasteiger partial charge in [-0.3, -0.25) is 0 Å². The van der Waals surface area contributed by atoms with Crippen LogP contribution in [-0.2, 0) is 9.47 Å². The molecule has 2 heterocycles. The van der Waals surface area contributed by atoms with Crippen LogP contribution in [0.25, 0.3) is 0 Å². The van der Waals surface area contributed by atoms with Gasteiger partial charge < -0.3 is 14.8 Å². The standard InChI is InChI=1S/C13H22N2O2S/c1-9-10(2)18-13(15-9)12(14-5-7-16-3)11-4-6-17-8-11/h11-12,14H,4-8H2,1-3H3. The van der Waals surface area contributed by atoms with E-state index in [1.165, 1.54) is 9.88 Å². The summed E-state index contributed by atoms with van der Waals surface area (Å²) < 4.78 is 10.6. The Morgan fingerprint density at radius 2 is 2.39 bits per heavy atom. The lowest BCUT2D eigenvalue weighted by atomic mass is 9.99. The second kappa shape index (κ2) is 6.61. The largest absolute Gasteiger partial charge is 0.383 e. The smallest absolute Gasteiger partial charge is 0.110 e. The first-order valence-electron chi connectivity index (χ1n) is 6.46. The van der Waals surface area contributed by atoms with E-state index in [9.17, 15) is 0 Å². The maximum atomic E-state index is 5.51. The van der Waals surface area contributed by atoms with Gasteiger partial charge in [-0.05, 0) is 20.3 Å². The second-order valence-electron chi connectivity index (χ2n) is 4.74. The SMILES string of the molecule is COCCNC(c1nc(C)c(C)s1)C1CCOC1. The van der Waals surface area contributed by atoms with Gasteiger partial charge in [0, 0.05) is 31.1 Å². The van der Waals surface area contributed by atoms with E-state index in [0.29, 0.717) is 12.0 Å². The van der Waals surface area contributed by atoms with E-state index in [4.69, 9.17) is 14.5 Å². The molecule has 2 unspecified atom stereocenters. The number of nitrogens with zero attached hydrogens (tertiary/aromatic N) is 1. The Bertz CT molecular complexity index is 356. The molecule has 1 aromatic rings. The molecule has 1 aliphatic heterocycles. The van der Waals surface area contributed by atoms with Crippen molar-refractivity contribution in [3.8, 4) is 0 Å². The molecular formula is C13H22N2O2S. The Morgan fingerprint density at radius 1 is 1.56 bits per heavy atom. The molecule has 0 aromatic carbocycles. The molecule has 2 atom stereocenters. The van der Waals surface area contributed by atoms with Crippen molar-refractivity contribution in [3.63, 3.8) is 0 Å². The second-order valence-corrected chi connectivity index (χ2v) is 5.98. The molecular weight excluding hydrogens is 248 g/mol. The van der Waals surface area contributed by atoms with Gasteiger partial charge >= 0.3 is 0 Å². The van der Waals surface area contributed by atoms with Crippen molar-refractivity contribution in [2.75, 3.05) is 33.5 Å². The molecule has 2 rings (SSSR count). The van der Waals surface area contributed by atoms with Crippen molar-refractivity contribution in [3.05, 3.63) is 15.6 Å². The maximum Gasteiger partial charge on any atom is 0.110 e. The first-order valence-corrected chi connectivity index (χ1v) is 7.28. The van der Waals surface area contributed by atoms with E-state index in [1.54, 1.807) is 18.4 Å². The van der Waals surface area contributed by atoms with Crippen molar-refractivity contribution in [2.24, 2.45) is 5.92 Å². The monoisotopic (exact) mass is 270 g/mol. The molecule has 0 bridgehead atoms. The molecule has 18 heavy (non-hydrogen) atoms. The molecule has 0 spiro atoms. The predicted molar refractivity (Wildman–Crippen MR) is 73.1 cm³/mol. The number of hydrogen-bond acceptors (Lipinski definition) is 5. The van der Waals surface area contributed by atoms with Crippen LogP contribution < -0.4 is 5.32 Å². The summed E-state index contributed by atoms with van der Waals surface area (Å²) in [6, 6.07) is 0.306. The van der Waals surface area contributed by atoms with Gasteiger partial charge in [-0.1, -0.05) is 0 Å². The number of rotatable bonds is 6. The molecule has 1 saturated heterocycles. The van der Waals surface area contributed by atoms with E-state index in [0.717, 1.165) is 38.5 Å². The van der Waals surface area contributed by atoms with Crippen molar-refractivity contribution < 1.29 is 9.47 Å². The van der Waals surface area contributed by atoms with E-state index in [-0.39, 0.29) is 0 Å². The first kappa shape index (κ1) is 13.9. The van der Waals surface area contributed by atoms with E-state index >= 15 is 0 Å².